The molecule has 3 nitrogen and oxygen atoms in total. The monoisotopic (exact) mass is 215 g/mol. The van der Waals surface area contributed by atoms with Crippen LogP contribution in [0.2, 0.25) is 5.02 Å². The molecule has 80 valence electrons. The van der Waals surface area contributed by atoms with Gasteiger partial charge in [0.05, 0.1) is 16.4 Å². The lowest BCUT2D eigenvalue weighted by molar-refractivity contribution is 0.577. The number of rotatable bonds is 5. The van der Waals surface area contributed by atoms with E-state index in [2.05, 4.69) is 24.3 Å². The third kappa shape index (κ3) is 2.49. The molecular formula is C10H18ClN3. The molecule has 0 saturated carbocycles. The highest BCUT2D eigenvalue weighted by molar-refractivity contribution is 6.31. The second kappa shape index (κ2) is 5.37. The van der Waals surface area contributed by atoms with E-state index < -0.39 is 0 Å². The van der Waals surface area contributed by atoms with Gasteiger partial charge in [0, 0.05) is 13.1 Å². The van der Waals surface area contributed by atoms with Gasteiger partial charge in [0.2, 0.25) is 0 Å². The van der Waals surface area contributed by atoms with E-state index in [1.807, 2.05) is 11.6 Å². The Labute approximate surface area is 90.4 Å². The molecule has 0 aliphatic rings. The summed E-state index contributed by atoms with van der Waals surface area (Å²) in [4.78, 5) is 0. The van der Waals surface area contributed by atoms with Crippen LogP contribution in [0.15, 0.2) is 0 Å². The summed E-state index contributed by atoms with van der Waals surface area (Å²) in [5, 5.41) is 8.49. The largest absolute Gasteiger partial charge is 0.311 e. The summed E-state index contributed by atoms with van der Waals surface area (Å²) in [5.74, 6) is 0. The van der Waals surface area contributed by atoms with Crippen LogP contribution in [0.1, 0.15) is 31.7 Å². The molecule has 0 saturated heterocycles. The van der Waals surface area contributed by atoms with Gasteiger partial charge in [0.1, 0.15) is 0 Å². The Balaban J connectivity index is 2.72. The molecule has 0 amide bonds. The third-order valence-corrected chi connectivity index (χ3v) is 2.66. The highest BCUT2D eigenvalue weighted by atomic mass is 35.5. The smallest absolute Gasteiger partial charge is 0.0860 e. The van der Waals surface area contributed by atoms with Gasteiger partial charge in [-0.1, -0.05) is 18.5 Å². The van der Waals surface area contributed by atoms with Crippen LogP contribution in [0.4, 0.5) is 0 Å². The molecule has 1 rings (SSSR count). The molecule has 1 aromatic heterocycles. The van der Waals surface area contributed by atoms with Crippen molar-refractivity contribution in [1.82, 2.24) is 15.1 Å². The van der Waals surface area contributed by atoms with Gasteiger partial charge in [0.15, 0.2) is 0 Å². The Morgan fingerprint density at radius 2 is 2.14 bits per heavy atom. The van der Waals surface area contributed by atoms with Gasteiger partial charge < -0.3 is 5.32 Å². The molecule has 14 heavy (non-hydrogen) atoms. The Morgan fingerprint density at radius 3 is 2.71 bits per heavy atom. The molecule has 0 radical (unpaired) electrons. The van der Waals surface area contributed by atoms with Crippen molar-refractivity contribution in [1.29, 1.82) is 0 Å². The maximum atomic E-state index is 6.15. The maximum absolute atomic E-state index is 6.15. The number of nitrogens with zero attached hydrogens (tertiary/aromatic N) is 2. The van der Waals surface area contributed by atoms with Gasteiger partial charge >= 0.3 is 0 Å². The van der Waals surface area contributed by atoms with Crippen LogP contribution >= 0.6 is 11.6 Å². The minimum Gasteiger partial charge on any atom is -0.311 e. The van der Waals surface area contributed by atoms with Crippen LogP contribution in [-0.2, 0) is 13.1 Å². The molecule has 0 atom stereocenters. The minimum atomic E-state index is 0.801. The fraction of sp³-hybridized carbons (Fsp3) is 0.700. The van der Waals surface area contributed by atoms with Crippen LogP contribution < -0.4 is 5.32 Å². The van der Waals surface area contributed by atoms with E-state index in [1.165, 1.54) is 0 Å². The molecular weight excluding hydrogens is 198 g/mol. The van der Waals surface area contributed by atoms with Crippen molar-refractivity contribution in [3.05, 3.63) is 16.4 Å². The number of hydrogen-bond acceptors (Lipinski definition) is 2. The number of aromatic nitrogens is 2. The van der Waals surface area contributed by atoms with Crippen LogP contribution in [0.5, 0.6) is 0 Å². The number of hydrogen-bond donors (Lipinski definition) is 1. The summed E-state index contributed by atoms with van der Waals surface area (Å²) in [5.41, 5.74) is 2.02. The predicted molar refractivity (Wildman–Crippen MR) is 59.6 cm³/mol. The van der Waals surface area contributed by atoms with Crippen molar-refractivity contribution < 1.29 is 0 Å². The molecule has 0 unspecified atom stereocenters. The van der Waals surface area contributed by atoms with Crippen molar-refractivity contribution in [2.24, 2.45) is 0 Å². The summed E-state index contributed by atoms with van der Waals surface area (Å²) < 4.78 is 1.96. The molecule has 0 aliphatic carbocycles. The van der Waals surface area contributed by atoms with Crippen molar-refractivity contribution in [3.8, 4) is 0 Å². The van der Waals surface area contributed by atoms with Crippen molar-refractivity contribution >= 4 is 11.6 Å². The Morgan fingerprint density at radius 1 is 1.43 bits per heavy atom. The first-order valence-electron chi connectivity index (χ1n) is 5.13. The topological polar surface area (TPSA) is 29.9 Å². The van der Waals surface area contributed by atoms with E-state index in [0.29, 0.717) is 0 Å². The van der Waals surface area contributed by atoms with E-state index in [0.717, 1.165) is 42.5 Å². The normalized spacial score (nSPS) is 10.9. The maximum Gasteiger partial charge on any atom is 0.0860 e. The van der Waals surface area contributed by atoms with Gasteiger partial charge in [-0.2, -0.15) is 5.10 Å². The van der Waals surface area contributed by atoms with Crippen molar-refractivity contribution in [3.63, 3.8) is 0 Å². The molecule has 1 N–H and O–H groups in total. The zero-order chi connectivity index (χ0) is 10.6. The minimum absolute atomic E-state index is 0.801. The zero-order valence-corrected chi connectivity index (χ0v) is 9.86. The second-order valence-corrected chi connectivity index (χ2v) is 3.72. The van der Waals surface area contributed by atoms with Crippen molar-refractivity contribution in [2.75, 3.05) is 6.54 Å². The van der Waals surface area contributed by atoms with E-state index in [-0.39, 0.29) is 0 Å². The summed E-state index contributed by atoms with van der Waals surface area (Å²) in [7, 11) is 0. The molecule has 1 aromatic rings. The summed E-state index contributed by atoms with van der Waals surface area (Å²) >= 11 is 6.15. The van der Waals surface area contributed by atoms with Crippen LogP contribution in [0.3, 0.4) is 0 Å². The molecule has 0 bridgehead atoms. The molecule has 0 fully saturated rings. The highest BCUT2D eigenvalue weighted by Crippen LogP contribution is 2.19. The highest BCUT2D eigenvalue weighted by Gasteiger charge is 2.11. The van der Waals surface area contributed by atoms with Gasteiger partial charge in [-0.3, -0.25) is 4.68 Å². The zero-order valence-electron chi connectivity index (χ0n) is 9.10. The molecule has 0 spiro atoms. The lowest BCUT2D eigenvalue weighted by Gasteiger charge is -2.06. The average molecular weight is 216 g/mol. The Hall–Kier alpha value is -0.540. The molecule has 1 heterocycles. The van der Waals surface area contributed by atoms with E-state index in [1.54, 1.807) is 0 Å². The van der Waals surface area contributed by atoms with Crippen LogP contribution in [0.25, 0.3) is 0 Å². The lowest BCUT2D eigenvalue weighted by Crippen LogP contribution is -2.17. The van der Waals surface area contributed by atoms with Gasteiger partial charge in [-0.25, -0.2) is 0 Å². The van der Waals surface area contributed by atoms with E-state index in [4.69, 9.17) is 11.6 Å². The van der Waals surface area contributed by atoms with E-state index in [9.17, 15) is 0 Å². The number of halogens is 1. The first kappa shape index (κ1) is 11.5. The summed E-state index contributed by atoms with van der Waals surface area (Å²) in [6, 6.07) is 0. The van der Waals surface area contributed by atoms with Crippen molar-refractivity contribution in [2.45, 2.75) is 40.3 Å². The van der Waals surface area contributed by atoms with Crippen LogP contribution in [0, 0.1) is 6.92 Å². The van der Waals surface area contributed by atoms with Gasteiger partial charge in [-0.15, -0.1) is 0 Å². The number of nitrogens with one attached hydrogen (secondary N) is 1. The fourth-order valence-electron chi connectivity index (χ4n) is 1.42. The quantitative estimate of drug-likeness (QED) is 0.765. The summed E-state index contributed by atoms with van der Waals surface area (Å²) in [6.07, 6.45) is 1.14. The number of aryl methyl sites for hydroxylation is 2. The third-order valence-electron chi connectivity index (χ3n) is 2.17. The van der Waals surface area contributed by atoms with Crippen LogP contribution in [-0.4, -0.2) is 16.3 Å². The Kier molecular flexibility index (Phi) is 4.42. The molecule has 0 aliphatic heterocycles. The average Bonchev–Trinajstić information content (AvgIpc) is 2.45. The SMILES string of the molecule is CCCNCc1c(Cl)c(C)nn1CC. The fourth-order valence-corrected chi connectivity index (χ4v) is 1.62. The predicted octanol–water partition coefficient (Wildman–Crippen LogP) is 2.36. The second-order valence-electron chi connectivity index (χ2n) is 3.34. The first-order valence-corrected chi connectivity index (χ1v) is 5.51. The lowest BCUT2D eigenvalue weighted by atomic mass is 10.3. The Bertz CT molecular complexity index is 294. The van der Waals surface area contributed by atoms with Gasteiger partial charge in [-0.05, 0) is 26.8 Å². The first-order chi connectivity index (χ1) is 6.70. The molecule has 4 heteroatoms. The van der Waals surface area contributed by atoms with Gasteiger partial charge in [0.25, 0.3) is 0 Å². The standard InChI is InChI=1S/C10H18ClN3/c1-4-6-12-7-9-10(11)8(3)13-14(9)5-2/h12H,4-7H2,1-3H3. The summed E-state index contributed by atoms with van der Waals surface area (Å²) in [6.45, 7) is 8.86. The molecule has 0 aromatic carbocycles. The van der Waals surface area contributed by atoms with E-state index >= 15 is 0 Å².